The molecule has 0 aliphatic rings. The van der Waals surface area contributed by atoms with Crippen molar-refractivity contribution in [1.29, 1.82) is 0 Å². The van der Waals surface area contributed by atoms with E-state index in [0.29, 0.717) is 10.4 Å². The minimum Gasteiger partial charge on any atom is -0.691 e. The zero-order valence-corrected chi connectivity index (χ0v) is 9.56. The van der Waals surface area contributed by atoms with Crippen LogP contribution in [0.15, 0.2) is 54.6 Å². The zero-order chi connectivity index (χ0) is 12.4. The Hall–Kier alpha value is -2.56. The molecule has 1 aromatic heterocycles. The third-order valence-corrected chi connectivity index (χ3v) is 2.65. The molecule has 2 aromatic carbocycles. The molecule has 1 heterocycles. The molecule has 5 nitrogen and oxygen atoms in total. The third kappa shape index (κ3) is 1.86. The number of aromatic nitrogens is 3. The average Bonchev–Trinajstić information content (AvgIpc) is 2.75. The van der Waals surface area contributed by atoms with Crippen LogP contribution in [0.5, 0.6) is 5.75 Å². The van der Waals surface area contributed by atoms with Crippen LogP contribution in [0.25, 0.3) is 11.0 Å². The molecule has 0 atom stereocenters. The van der Waals surface area contributed by atoms with Gasteiger partial charge in [0.1, 0.15) is 5.75 Å². The monoisotopic (exact) mass is 241 g/mol. The van der Waals surface area contributed by atoms with Crippen molar-refractivity contribution in [3.05, 3.63) is 59.8 Å². The van der Waals surface area contributed by atoms with Crippen LogP contribution in [0.2, 0.25) is 0 Å². The van der Waals surface area contributed by atoms with Crippen molar-refractivity contribution < 1.29 is 9.58 Å². The maximum atomic E-state index is 11.5. The number of nitrogens with zero attached hydrogens (tertiary/aromatic N) is 3. The second kappa shape index (κ2) is 4.37. The first kappa shape index (κ1) is 10.6. The summed E-state index contributed by atoms with van der Waals surface area (Å²) < 4.78 is 7.10. The first-order valence-electron chi connectivity index (χ1n) is 5.58. The second-order valence-electron chi connectivity index (χ2n) is 3.84. The molecule has 0 amide bonds. The fourth-order valence-electron chi connectivity index (χ4n) is 1.79. The van der Waals surface area contributed by atoms with E-state index < -0.39 is 0 Å². The van der Waals surface area contributed by atoms with E-state index in [0.717, 1.165) is 11.3 Å². The summed E-state index contributed by atoms with van der Waals surface area (Å²) in [4.78, 5) is 0.601. The molecule has 0 saturated heterocycles. The number of hydrogen-bond donors (Lipinski definition) is 0. The number of ether oxygens (including phenoxy) is 1. The summed E-state index contributed by atoms with van der Waals surface area (Å²) in [5, 5.41) is 15.4. The summed E-state index contributed by atoms with van der Waals surface area (Å²) >= 11 is 0. The average molecular weight is 241 g/mol. The molecule has 0 bridgehead atoms. The van der Waals surface area contributed by atoms with Gasteiger partial charge in [-0.25, -0.2) is 0 Å². The number of rotatable bonds is 3. The molecule has 18 heavy (non-hydrogen) atoms. The normalized spacial score (nSPS) is 10.7. The SMILES string of the molecule is [O-][n+]1nn(COc2ccccc2)c2ccccc21. The predicted molar refractivity (Wildman–Crippen MR) is 65.8 cm³/mol. The minimum atomic E-state index is 0.208. The number of hydrogen-bond acceptors (Lipinski definition) is 3. The van der Waals surface area contributed by atoms with Crippen LogP contribution < -0.4 is 9.58 Å². The van der Waals surface area contributed by atoms with Crippen molar-refractivity contribution in [2.75, 3.05) is 0 Å². The molecule has 0 aliphatic heterocycles. The van der Waals surface area contributed by atoms with Gasteiger partial charge >= 0.3 is 0 Å². The van der Waals surface area contributed by atoms with Gasteiger partial charge in [0.2, 0.25) is 11.0 Å². The summed E-state index contributed by atoms with van der Waals surface area (Å²) in [7, 11) is 0. The standard InChI is InChI=1S/C13H11N3O2/c17-16-13-9-5-4-8-12(13)15(14-16)10-18-11-6-2-1-3-7-11/h1-9H,10H2. The zero-order valence-electron chi connectivity index (χ0n) is 9.56. The summed E-state index contributed by atoms with van der Waals surface area (Å²) in [6.07, 6.45) is 0. The smallest absolute Gasteiger partial charge is 0.254 e. The van der Waals surface area contributed by atoms with Gasteiger partial charge in [-0.2, -0.15) is 0 Å². The van der Waals surface area contributed by atoms with E-state index in [4.69, 9.17) is 4.74 Å². The van der Waals surface area contributed by atoms with Crippen LogP contribution in [0.1, 0.15) is 0 Å². The molecule has 3 rings (SSSR count). The van der Waals surface area contributed by atoms with Crippen LogP contribution in [0, 0.1) is 5.21 Å². The number of benzene rings is 2. The van der Waals surface area contributed by atoms with E-state index in [9.17, 15) is 5.21 Å². The molecule has 5 heteroatoms. The maximum absolute atomic E-state index is 11.5. The van der Waals surface area contributed by atoms with Gasteiger partial charge in [0, 0.05) is 0 Å². The van der Waals surface area contributed by atoms with Crippen LogP contribution in [-0.4, -0.2) is 9.90 Å². The molecule has 0 aliphatic carbocycles. The Morgan fingerprint density at radius 1 is 1.06 bits per heavy atom. The van der Waals surface area contributed by atoms with Crippen LogP contribution >= 0.6 is 0 Å². The van der Waals surface area contributed by atoms with E-state index in [1.165, 1.54) is 4.68 Å². The Balaban J connectivity index is 1.87. The van der Waals surface area contributed by atoms with Crippen molar-refractivity contribution >= 4 is 11.0 Å². The van der Waals surface area contributed by atoms with Gasteiger partial charge in [-0.15, -0.1) is 4.85 Å². The molecular weight excluding hydrogens is 230 g/mol. The van der Waals surface area contributed by atoms with Gasteiger partial charge in [-0.1, -0.05) is 35.0 Å². The van der Waals surface area contributed by atoms with Gasteiger partial charge in [0.05, 0.1) is 5.21 Å². The largest absolute Gasteiger partial charge is 0.691 e. The van der Waals surface area contributed by atoms with Crippen LogP contribution in [0.3, 0.4) is 0 Å². The minimum absolute atomic E-state index is 0.208. The lowest BCUT2D eigenvalue weighted by molar-refractivity contribution is -0.646. The highest BCUT2D eigenvalue weighted by Gasteiger charge is 2.13. The van der Waals surface area contributed by atoms with Gasteiger partial charge in [0.15, 0.2) is 0 Å². The van der Waals surface area contributed by atoms with Gasteiger partial charge in [0.25, 0.3) is 6.73 Å². The fraction of sp³-hybridized carbons (Fsp3) is 0.0769. The quantitative estimate of drug-likeness (QED) is 0.518. The van der Waals surface area contributed by atoms with E-state index >= 15 is 0 Å². The lowest BCUT2D eigenvalue weighted by Gasteiger charge is -2.01. The predicted octanol–water partition coefficient (Wildman–Crippen LogP) is 1.71. The molecular formula is C13H11N3O2. The Bertz CT molecular complexity index is 664. The number of fused-ring (bicyclic) bond motifs is 1. The Kier molecular flexibility index (Phi) is 2.57. The molecule has 3 aromatic rings. The first-order chi connectivity index (χ1) is 8.84. The summed E-state index contributed by atoms with van der Waals surface area (Å²) in [6.45, 7) is 0.208. The summed E-state index contributed by atoms with van der Waals surface area (Å²) in [5.41, 5.74) is 1.29. The topological polar surface area (TPSA) is 54.0 Å². The summed E-state index contributed by atoms with van der Waals surface area (Å²) in [6, 6.07) is 16.7. The van der Waals surface area contributed by atoms with Crippen LogP contribution in [-0.2, 0) is 6.73 Å². The Morgan fingerprint density at radius 3 is 2.61 bits per heavy atom. The van der Waals surface area contributed by atoms with Gasteiger partial charge < -0.3 is 9.94 Å². The van der Waals surface area contributed by atoms with E-state index in [2.05, 4.69) is 5.21 Å². The molecule has 0 radical (unpaired) electrons. The van der Waals surface area contributed by atoms with E-state index in [1.807, 2.05) is 42.5 Å². The first-order valence-corrected chi connectivity index (χ1v) is 5.58. The van der Waals surface area contributed by atoms with Crippen LogP contribution in [0.4, 0.5) is 0 Å². The van der Waals surface area contributed by atoms with E-state index in [1.54, 1.807) is 12.1 Å². The van der Waals surface area contributed by atoms with Gasteiger partial charge in [-0.3, -0.25) is 0 Å². The van der Waals surface area contributed by atoms with Crippen molar-refractivity contribution in [1.82, 2.24) is 9.90 Å². The maximum Gasteiger partial charge on any atom is 0.254 e. The lowest BCUT2D eigenvalue weighted by atomic mass is 10.3. The van der Waals surface area contributed by atoms with Crippen molar-refractivity contribution in [3.8, 4) is 5.75 Å². The van der Waals surface area contributed by atoms with Crippen molar-refractivity contribution in [2.24, 2.45) is 0 Å². The molecule has 0 saturated carbocycles. The highest BCUT2D eigenvalue weighted by molar-refractivity contribution is 5.70. The Morgan fingerprint density at radius 2 is 1.78 bits per heavy atom. The molecule has 0 N–H and O–H groups in total. The molecule has 0 spiro atoms. The molecule has 90 valence electrons. The highest BCUT2D eigenvalue weighted by Crippen LogP contribution is 2.12. The molecule has 0 fully saturated rings. The van der Waals surface area contributed by atoms with Gasteiger partial charge in [-0.05, 0) is 24.3 Å². The highest BCUT2D eigenvalue weighted by atomic mass is 16.5. The fourth-order valence-corrected chi connectivity index (χ4v) is 1.79. The van der Waals surface area contributed by atoms with Crippen molar-refractivity contribution in [2.45, 2.75) is 6.73 Å². The lowest BCUT2D eigenvalue weighted by Crippen LogP contribution is -2.29. The second-order valence-corrected chi connectivity index (χ2v) is 3.84. The summed E-state index contributed by atoms with van der Waals surface area (Å²) in [5.74, 6) is 0.745. The number of para-hydroxylation sites is 3. The third-order valence-electron chi connectivity index (χ3n) is 2.65. The Labute approximate surface area is 103 Å². The van der Waals surface area contributed by atoms with Crippen molar-refractivity contribution in [3.63, 3.8) is 0 Å². The molecule has 0 unspecified atom stereocenters. The van der Waals surface area contributed by atoms with E-state index in [-0.39, 0.29) is 6.73 Å².